The first-order chi connectivity index (χ1) is 15.8. The fourth-order valence-corrected chi connectivity index (χ4v) is 5.02. The second-order valence-electron chi connectivity index (χ2n) is 7.49. The Hall–Kier alpha value is -3.00. The van der Waals surface area contributed by atoms with Gasteiger partial charge in [-0.2, -0.15) is 0 Å². The molecule has 1 amide bonds. The molecule has 0 saturated carbocycles. The first-order valence-corrected chi connectivity index (χ1v) is 11.3. The number of benzene rings is 3. The summed E-state index contributed by atoms with van der Waals surface area (Å²) < 4.78 is 33.6. The highest BCUT2D eigenvalue weighted by Crippen LogP contribution is 2.38. The van der Waals surface area contributed by atoms with Crippen molar-refractivity contribution in [2.75, 3.05) is 7.11 Å². The topological polar surface area (TPSA) is 58.6 Å². The van der Waals surface area contributed by atoms with Crippen LogP contribution in [0, 0.1) is 11.6 Å². The van der Waals surface area contributed by atoms with E-state index in [0.29, 0.717) is 5.75 Å². The molecular formula is C25H20ClF2NO3S. The smallest absolute Gasteiger partial charge is 0.263 e. The van der Waals surface area contributed by atoms with Crippen molar-refractivity contribution in [1.29, 1.82) is 0 Å². The van der Waals surface area contributed by atoms with Crippen molar-refractivity contribution < 1.29 is 23.4 Å². The van der Waals surface area contributed by atoms with Gasteiger partial charge in [0.05, 0.1) is 28.3 Å². The lowest BCUT2D eigenvalue weighted by Crippen LogP contribution is -2.22. The van der Waals surface area contributed by atoms with Gasteiger partial charge in [-0.3, -0.25) is 4.79 Å². The van der Waals surface area contributed by atoms with E-state index in [1.54, 1.807) is 13.0 Å². The van der Waals surface area contributed by atoms with E-state index in [-0.39, 0.29) is 26.5 Å². The van der Waals surface area contributed by atoms with Gasteiger partial charge in [0.2, 0.25) is 0 Å². The van der Waals surface area contributed by atoms with Crippen molar-refractivity contribution in [3.05, 3.63) is 87.3 Å². The van der Waals surface area contributed by atoms with Gasteiger partial charge in [-0.1, -0.05) is 41.9 Å². The summed E-state index contributed by atoms with van der Waals surface area (Å²) in [4.78, 5) is 12.8. The van der Waals surface area contributed by atoms with Gasteiger partial charge in [-0.05, 0) is 47.9 Å². The van der Waals surface area contributed by atoms with Gasteiger partial charge in [0.1, 0.15) is 22.3 Å². The Labute approximate surface area is 198 Å². The average molecular weight is 488 g/mol. The zero-order valence-corrected chi connectivity index (χ0v) is 19.4. The van der Waals surface area contributed by atoms with Crippen LogP contribution in [0.15, 0.2) is 54.6 Å². The number of methoxy groups -OCH3 is 1. The largest absolute Gasteiger partial charge is 0.496 e. The number of rotatable bonds is 6. The van der Waals surface area contributed by atoms with Crippen LogP contribution in [0.4, 0.5) is 8.78 Å². The average Bonchev–Trinajstić information content (AvgIpc) is 3.18. The first-order valence-electron chi connectivity index (χ1n) is 10.1. The minimum Gasteiger partial charge on any atom is -0.496 e. The molecule has 170 valence electrons. The highest BCUT2D eigenvalue weighted by Gasteiger charge is 2.22. The van der Waals surface area contributed by atoms with E-state index in [1.165, 1.54) is 7.11 Å². The van der Waals surface area contributed by atoms with E-state index in [4.69, 9.17) is 16.3 Å². The summed E-state index contributed by atoms with van der Waals surface area (Å²) in [5.41, 5.74) is 3.37. The van der Waals surface area contributed by atoms with Crippen molar-refractivity contribution in [2.45, 2.75) is 19.6 Å². The Bertz CT molecular complexity index is 1340. The van der Waals surface area contributed by atoms with Crippen LogP contribution in [0.25, 0.3) is 21.2 Å². The molecule has 8 heteroatoms. The zero-order chi connectivity index (χ0) is 23.7. The van der Waals surface area contributed by atoms with Crippen LogP contribution < -0.4 is 10.1 Å². The molecule has 0 saturated heterocycles. The molecule has 0 spiro atoms. The van der Waals surface area contributed by atoms with E-state index in [0.717, 1.165) is 45.7 Å². The van der Waals surface area contributed by atoms with E-state index in [1.807, 2.05) is 36.4 Å². The van der Waals surface area contributed by atoms with E-state index in [2.05, 4.69) is 5.32 Å². The van der Waals surface area contributed by atoms with E-state index in [9.17, 15) is 18.7 Å². The molecule has 4 rings (SSSR count). The molecule has 0 bridgehead atoms. The van der Waals surface area contributed by atoms with E-state index >= 15 is 0 Å². The van der Waals surface area contributed by atoms with Crippen LogP contribution in [0.2, 0.25) is 5.02 Å². The first kappa shape index (κ1) is 23.2. The normalized spacial score (nSPS) is 12.1. The van der Waals surface area contributed by atoms with Crippen molar-refractivity contribution in [2.24, 2.45) is 0 Å². The van der Waals surface area contributed by atoms with Gasteiger partial charge in [0.15, 0.2) is 0 Å². The molecule has 0 fully saturated rings. The summed E-state index contributed by atoms with van der Waals surface area (Å²) in [6, 6.07) is 15.1. The van der Waals surface area contributed by atoms with Gasteiger partial charge < -0.3 is 15.2 Å². The molecule has 3 aromatic carbocycles. The van der Waals surface area contributed by atoms with Crippen molar-refractivity contribution in [3.8, 4) is 16.9 Å². The fraction of sp³-hybridized carbons (Fsp3) is 0.160. The highest BCUT2D eigenvalue weighted by atomic mass is 35.5. The predicted octanol–water partition coefficient (Wildman–Crippen LogP) is 6.49. The number of amides is 1. The molecule has 0 aliphatic heterocycles. The second kappa shape index (κ2) is 9.47. The zero-order valence-electron chi connectivity index (χ0n) is 17.8. The van der Waals surface area contributed by atoms with Crippen molar-refractivity contribution >= 4 is 38.9 Å². The summed E-state index contributed by atoms with van der Waals surface area (Å²) in [5, 5.41) is 12.3. The quantitative estimate of drug-likeness (QED) is 0.327. The van der Waals surface area contributed by atoms with Gasteiger partial charge >= 0.3 is 0 Å². The fourth-order valence-electron chi connectivity index (χ4n) is 3.55. The third kappa shape index (κ3) is 4.57. The van der Waals surface area contributed by atoms with Crippen LogP contribution in [0.5, 0.6) is 5.75 Å². The number of nitrogens with one attached hydrogen (secondary N) is 1. The number of ether oxygens (including phenoxy) is 1. The number of carbonyl (C=O) groups is 1. The third-order valence-corrected chi connectivity index (χ3v) is 7.02. The molecule has 1 aromatic heterocycles. The van der Waals surface area contributed by atoms with Crippen LogP contribution in [-0.2, 0) is 6.54 Å². The molecule has 0 aliphatic rings. The highest BCUT2D eigenvalue weighted by molar-refractivity contribution is 7.21. The van der Waals surface area contributed by atoms with Crippen LogP contribution in [0.3, 0.4) is 0 Å². The summed E-state index contributed by atoms with van der Waals surface area (Å²) in [6.07, 6.45) is -0.552. The molecule has 2 N–H and O–H groups in total. The Morgan fingerprint density at radius 1 is 1.09 bits per heavy atom. The maximum atomic E-state index is 14.1. The predicted molar refractivity (Wildman–Crippen MR) is 127 cm³/mol. The number of aliphatic hydroxyl groups excluding tert-OH is 1. The lowest BCUT2D eigenvalue weighted by molar-refractivity contribution is 0.0955. The molecule has 4 nitrogen and oxygen atoms in total. The molecule has 1 atom stereocenters. The Morgan fingerprint density at radius 2 is 1.76 bits per heavy atom. The van der Waals surface area contributed by atoms with Crippen LogP contribution in [0.1, 0.15) is 33.8 Å². The Balaban J connectivity index is 1.59. The molecule has 33 heavy (non-hydrogen) atoms. The maximum absolute atomic E-state index is 14.1. The van der Waals surface area contributed by atoms with E-state index < -0.39 is 23.6 Å². The monoisotopic (exact) mass is 487 g/mol. The summed E-state index contributed by atoms with van der Waals surface area (Å²) in [6.45, 7) is 1.83. The third-order valence-electron chi connectivity index (χ3n) is 5.33. The lowest BCUT2D eigenvalue weighted by atomic mass is 10.00. The minimum absolute atomic E-state index is 0.00497. The summed E-state index contributed by atoms with van der Waals surface area (Å²) >= 11 is 7.02. The number of carbonyl (C=O) groups excluding carboxylic acids is 1. The van der Waals surface area contributed by atoms with Gasteiger partial charge in [-0.15, -0.1) is 11.3 Å². The lowest BCUT2D eigenvalue weighted by Gasteiger charge is -2.13. The number of hydrogen-bond donors (Lipinski definition) is 2. The van der Waals surface area contributed by atoms with Crippen LogP contribution in [-0.4, -0.2) is 18.1 Å². The molecule has 0 aliphatic carbocycles. The number of hydrogen-bond acceptors (Lipinski definition) is 4. The number of fused-ring (bicyclic) bond motifs is 1. The molecule has 1 heterocycles. The van der Waals surface area contributed by atoms with Gasteiger partial charge in [0, 0.05) is 12.1 Å². The standard InChI is InChI=1S/C25H20ClF2NO3S/c1-13(30)14-3-5-15(6-4-14)16-7-10-20(32-2)17(11-16)12-29-25(31)24-22(26)21-18(27)8-9-19(28)23(21)33-24/h3-11,13,30H,12H2,1-2H3,(H,29,31). The molecule has 1 unspecified atom stereocenters. The van der Waals surface area contributed by atoms with Gasteiger partial charge in [0.25, 0.3) is 5.91 Å². The van der Waals surface area contributed by atoms with Gasteiger partial charge in [-0.25, -0.2) is 8.78 Å². The van der Waals surface area contributed by atoms with Crippen molar-refractivity contribution in [3.63, 3.8) is 0 Å². The minimum atomic E-state index is -0.678. The molecule has 4 aromatic rings. The Kier molecular flexibility index (Phi) is 6.65. The van der Waals surface area contributed by atoms with Crippen LogP contribution >= 0.6 is 22.9 Å². The molecular weight excluding hydrogens is 468 g/mol. The summed E-state index contributed by atoms with van der Waals surface area (Å²) in [7, 11) is 1.53. The number of thiophene rings is 1. The molecule has 0 radical (unpaired) electrons. The second-order valence-corrected chi connectivity index (χ2v) is 8.88. The maximum Gasteiger partial charge on any atom is 0.263 e. The Morgan fingerprint density at radius 3 is 2.39 bits per heavy atom. The SMILES string of the molecule is COc1ccc(-c2ccc(C(C)O)cc2)cc1CNC(=O)c1sc2c(F)ccc(F)c2c1Cl. The van der Waals surface area contributed by atoms with Crippen molar-refractivity contribution in [1.82, 2.24) is 5.32 Å². The summed E-state index contributed by atoms with van der Waals surface area (Å²) in [5.74, 6) is -1.26. The number of aliphatic hydroxyl groups is 1. The number of halogens is 3.